The highest BCUT2D eigenvalue weighted by molar-refractivity contribution is 6.32. The third kappa shape index (κ3) is 3.29. The third-order valence-electron chi connectivity index (χ3n) is 3.72. The van der Waals surface area contributed by atoms with Crippen molar-refractivity contribution < 1.29 is 19.4 Å². The van der Waals surface area contributed by atoms with Crippen LogP contribution in [0.5, 0.6) is 5.75 Å². The minimum absolute atomic E-state index is 0.0843. The van der Waals surface area contributed by atoms with Gasteiger partial charge in [0.2, 0.25) is 5.91 Å². The van der Waals surface area contributed by atoms with Gasteiger partial charge in [0.25, 0.3) is 0 Å². The number of ether oxygens (including phenoxy) is 1. The lowest BCUT2D eigenvalue weighted by atomic mass is 9.77. The molecule has 0 fully saturated rings. The Morgan fingerprint density at radius 1 is 1.26 bits per heavy atom. The smallest absolute Gasteiger partial charge is 0.341 e. The maximum Gasteiger partial charge on any atom is 0.341 e. The zero-order chi connectivity index (χ0) is 16.4. The molecular formula is C17H14ClNO4. The number of amides is 1. The van der Waals surface area contributed by atoms with Crippen molar-refractivity contribution in [1.82, 2.24) is 0 Å². The summed E-state index contributed by atoms with van der Waals surface area (Å²) in [6.07, 6.45) is 0.732. The van der Waals surface area contributed by atoms with Gasteiger partial charge in [0.05, 0.1) is 10.9 Å². The first-order chi connectivity index (χ1) is 11.0. The molecule has 23 heavy (non-hydrogen) atoms. The van der Waals surface area contributed by atoms with Crippen LogP contribution >= 0.6 is 11.6 Å². The summed E-state index contributed by atoms with van der Waals surface area (Å²) in [5, 5.41) is 11.7. The lowest BCUT2D eigenvalue weighted by Crippen LogP contribution is -2.30. The van der Waals surface area contributed by atoms with E-state index in [2.05, 4.69) is 5.32 Å². The second-order valence-electron chi connectivity index (χ2n) is 5.27. The fourth-order valence-corrected chi connectivity index (χ4v) is 2.79. The number of rotatable bonds is 5. The number of nitrogens with one attached hydrogen (secondary N) is 1. The first kappa shape index (κ1) is 15.4. The van der Waals surface area contributed by atoms with Crippen molar-refractivity contribution in [3.63, 3.8) is 0 Å². The van der Waals surface area contributed by atoms with Crippen LogP contribution in [0.15, 0.2) is 42.5 Å². The average Bonchev–Trinajstić information content (AvgIpc) is 2.47. The van der Waals surface area contributed by atoms with E-state index in [4.69, 9.17) is 21.4 Å². The molecule has 1 aliphatic rings. The minimum atomic E-state index is -1.08. The standard InChI is InChI=1S/C17H14ClNO4/c18-14-8-11(5-6-15(14)23-9-16(20)21)19-17(22)13-7-10-3-1-2-4-12(10)13/h1-6,8,13H,7,9H2,(H,19,22)(H,20,21). The van der Waals surface area contributed by atoms with E-state index in [1.54, 1.807) is 12.1 Å². The average molecular weight is 332 g/mol. The highest BCUT2D eigenvalue weighted by atomic mass is 35.5. The topological polar surface area (TPSA) is 75.6 Å². The summed E-state index contributed by atoms with van der Waals surface area (Å²) in [6.45, 7) is -0.468. The largest absolute Gasteiger partial charge is 0.480 e. The summed E-state index contributed by atoms with van der Waals surface area (Å²) in [5.41, 5.74) is 2.80. The van der Waals surface area contributed by atoms with Crippen molar-refractivity contribution in [3.8, 4) is 5.75 Å². The number of anilines is 1. The Bertz CT molecular complexity index is 775. The molecule has 3 rings (SSSR count). The maximum absolute atomic E-state index is 12.3. The van der Waals surface area contributed by atoms with Crippen molar-refractivity contribution in [1.29, 1.82) is 0 Å². The van der Waals surface area contributed by atoms with Crippen molar-refractivity contribution in [2.45, 2.75) is 12.3 Å². The van der Waals surface area contributed by atoms with Crippen molar-refractivity contribution in [2.75, 3.05) is 11.9 Å². The summed E-state index contributed by atoms with van der Waals surface area (Å²) in [6, 6.07) is 12.6. The molecule has 6 heteroatoms. The predicted octanol–water partition coefficient (Wildman–Crippen LogP) is 3.08. The fourth-order valence-electron chi connectivity index (χ4n) is 2.56. The van der Waals surface area contributed by atoms with E-state index in [1.165, 1.54) is 11.6 Å². The van der Waals surface area contributed by atoms with E-state index in [0.29, 0.717) is 5.69 Å². The summed E-state index contributed by atoms with van der Waals surface area (Å²) >= 11 is 6.04. The molecule has 0 aromatic heterocycles. The molecule has 1 atom stereocenters. The minimum Gasteiger partial charge on any atom is -0.480 e. The summed E-state index contributed by atoms with van der Waals surface area (Å²) in [4.78, 5) is 22.8. The highest BCUT2D eigenvalue weighted by Gasteiger charge is 2.31. The molecule has 2 N–H and O–H groups in total. The van der Waals surface area contributed by atoms with E-state index >= 15 is 0 Å². The van der Waals surface area contributed by atoms with Gasteiger partial charge in [-0.2, -0.15) is 0 Å². The van der Waals surface area contributed by atoms with Crippen LogP contribution in [0.2, 0.25) is 5.02 Å². The molecule has 0 saturated carbocycles. The number of hydrogen-bond donors (Lipinski definition) is 2. The molecule has 0 heterocycles. The second kappa shape index (κ2) is 6.30. The number of fused-ring (bicyclic) bond motifs is 1. The van der Waals surface area contributed by atoms with Gasteiger partial charge >= 0.3 is 5.97 Å². The Balaban J connectivity index is 1.66. The predicted molar refractivity (Wildman–Crippen MR) is 86.1 cm³/mol. The zero-order valence-corrected chi connectivity index (χ0v) is 12.8. The van der Waals surface area contributed by atoms with Gasteiger partial charge in [-0.1, -0.05) is 35.9 Å². The number of carbonyl (C=O) groups is 2. The normalized spacial score (nSPS) is 15.3. The number of halogens is 1. The van der Waals surface area contributed by atoms with E-state index in [-0.39, 0.29) is 22.6 Å². The number of aliphatic carboxylic acids is 1. The Hall–Kier alpha value is -2.53. The number of carboxylic acid groups (broad SMARTS) is 1. The van der Waals surface area contributed by atoms with Crippen LogP contribution in [0.1, 0.15) is 17.0 Å². The van der Waals surface area contributed by atoms with Gasteiger partial charge in [-0.25, -0.2) is 4.79 Å². The second-order valence-corrected chi connectivity index (χ2v) is 5.68. The van der Waals surface area contributed by atoms with Crippen LogP contribution in [0.4, 0.5) is 5.69 Å². The molecule has 0 spiro atoms. The van der Waals surface area contributed by atoms with Crippen LogP contribution in [0.25, 0.3) is 0 Å². The Kier molecular flexibility index (Phi) is 4.21. The van der Waals surface area contributed by atoms with Crippen LogP contribution in [0, 0.1) is 0 Å². The van der Waals surface area contributed by atoms with Crippen molar-refractivity contribution >= 4 is 29.2 Å². The molecule has 1 aliphatic carbocycles. The van der Waals surface area contributed by atoms with Gasteiger partial charge in [-0.15, -0.1) is 0 Å². The first-order valence-corrected chi connectivity index (χ1v) is 7.45. The lowest BCUT2D eigenvalue weighted by molar-refractivity contribution is -0.139. The Morgan fingerprint density at radius 2 is 2.04 bits per heavy atom. The van der Waals surface area contributed by atoms with Gasteiger partial charge in [-0.05, 0) is 35.7 Å². The molecular weight excluding hydrogens is 318 g/mol. The number of carboxylic acids is 1. The number of benzene rings is 2. The van der Waals surface area contributed by atoms with Gasteiger partial charge in [-0.3, -0.25) is 4.79 Å². The molecule has 0 bridgehead atoms. The number of hydrogen-bond acceptors (Lipinski definition) is 3. The fraction of sp³-hybridized carbons (Fsp3) is 0.176. The summed E-state index contributed by atoms with van der Waals surface area (Å²) < 4.78 is 5.04. The summed E-state index contributed by atoms with van der Waals surface area (Å²) in [5.74, 6) is -1.05. The molecule has 2 aromatic carbocycles. The van der Waals surface area contributed by atoms with Crippen molar-refractivity contribution in [2.24, 2.45) is 0 Å². The van der Waals surface area contributed by atoms with E-state index in [0.717, 1.165) is 12.0 Å². The molecule has 2 aromatic rings. The van der Waals surface area contributed by atoms with Crippen LogP contribution < -0.4 is 10.1 Å². The van der Waals surface area contributed by atoms with Gasteiger partial charge in [0, 0.05) is 5.69 Å². The molecule has 1 unspecified atom stereocenters. The Labute approximate surface area is 137 Å². The Morgan fingerprint density at radius 3 is 2.74 bits per heavy atom. The van der Waals surface area contributed by atoms with Gasteiger partial charge in [0.1, 0.15) is 5.75 Å². The summed E-state index contributed by atoms with van der Waals surface area (Å²) in [7, 11) is 0. The molecule has 0 radical (unpaired) electrons. The molecule has 5 nitrogen and oxygen atoms in total. The van der Waals surface area contributed by atoms with Crippen LogP contribution in [-0.4, -0.2) is 23.6 Å². The van der Waals surface area contributed by atoms with Crippen molar-refractivity contribution in [3.05, 3.63) is 58.6 Å². The maximum atomic E-state index is 12.3. The SMILES string of the molecule is O=C(O)COc1ccc(NC(=O)C2Cc3ccccc32)cc1Cl. The first-order valence-electron chi connectivity index (χ1n) is 7.07. The van der Waals surface area contributed by atoms with Gasteiger partial charge < -0.3 is 15.2 Å². The molecule has 1 amide bonds. The highest BCUT2D eigenvalue weighted by Crippen LogP contribution is 2.36. The number of carbonyl (C=O) groups excluding carboxylic acids is 1. The third-order valence-corrected chi connectivity index (χ3v) is 4.02. The molecule has 118 valence electrons. The lowest BCUT2D eigenvalue weighted by Gasteiger charge is -2.28. The zero-order valence-electron chi connectivity index (χ0n) is 12.1. The van der Waals surface area contributed by atoms with Gasteiger partial charge in [0.15, 0.2) is 6.61 Å². The molecule has 0 saturated heterocycles. The van der Waals surface area contributed by atoms with E-state index in [1.807, 2.05) is 24.3 Å². The van der Waals surface area contributed by atoms with E-state index < -0.39 is 12.6 Å². The monoisotopic (exact) mass is 331 g/mol. The van der Waals surface area contributed by atoms with E-state index in [9.17, 15) is 9.59 Å². The molecule has 0 aliphatic heterocycles. The van der Waals surface area contributed by atoms with Crippen LogP contribution in [0.3, 0.4) is 0 Å². The quantitative estimate of drug-likeness (QED) is 0.882. The van der Waals surface area contributed by atoms with Crippen LogP contribution in [-0.2, 0) is 16.0 Å².